The summed E-state index contributed by atoms with van der Waals surface area (Å²) in [6.45, 7) is 2.35. The number of aromatic nitrogens is 4. The second kappa shape index (κ2) is 7.06. The zero-order valence-corrected chi connectivity index (χ0v) is 11.7. The minimum atomic E-state index is -0.353. The van der Waals surface area contributed by atoms with E-state index in [9.17, 15) is 4.79 Å². The first-order valence-electron chi connectivity index (χ1n) is 6.04. The molecule has 108 valence electrons. The van der Waals surface area contributed by atoms with Gasteiger partial charge in [-0.15, -0.1) is 5.10 Å². The van der Waals surface area contributed by atoms with Crippen molar-refractivity contribution in [2.75, 3.05) is 6.61 Å². The van der Waals surface area contributed by atoms with Gasteiger partial charge in [0.2, 0.25) is 11.1 Å². The fourth-order valence-electron chi connectivity index (χ4n) is 1.46. The van der Waals surface area contributed by atoms with Gasteiger partial charge in [0.05, 0.1) is 31.2 Å². The summed E-state index contributed by atoms with van der Waals surface area (Å²) in [5, 5.41) is 22.9. The summed E-state index contributed by atoms with van der Waals surface area (Å²) in [7, 11) is 0. The van der Waals surface area contributed by atoms with E-state index in [1.54, 1.807) is 25.3 Å². The molecule has 1 amide bonds. The summed E-state index contributed by atoms with van der Waals surface area (Å²) in [5.41, 5.74) is 0. The van der Waals surface area contributed by atoms with Crippen molar-refractivity contribution in [2.24, 2.45) is 0 Å². The maximum absolute atomic E-state index is 11.9. The molecule has 2 heterocycles. The highest BCUT2D eigenvalue weighted by Gasteiger charge is 2.18. The number of rotatable bonds is 7. The summed E-state index contributed by atoms with van der Waals surface area (Å²) in [6, 6.07) is 3.56. The Morgan fingerprint density at radius 1 is 1.65 bits per heavy atom. The predicted molar refractivity (Wildman–Crippen MR) is 70.8 cm³/mol. The van der Waals surface area contributed by atoms with Gasteiger partial charge in [-0.3, -0.25) is 4.79 Å². The van der Waals surface area contributed by atoms with Crippen LogP contribution in [0.4, 0.5) is 0 Å². The van der Waals surface area contributed by atoms with Crippen LogP contribution in [0.2, 0.25) is 0 Å². The zero-order chi connectivity index (χ0) is 14.4. The van der Waals surface area contributed by atoms with Gasteiger partial charge in [0.25, 0.3) is 0 Å². The molecule has 0 fully saturated rings. The van der Waals surface area contributed by atoms with Crippen LogP contribution in [0.1, 0.15) is 12.7 Å². The average Bonchev–Trinajstić information content (AvgIpc) is 3.09. The first-order valence-corrected chi connectivity index (χ1v) is 6.92. The van der Waals surface area contributed by atoms with E-state index in [4.69, 9.17) is 9.52 Å². The number of nitrogens with one attached hydrogen (secondary N) is 1. The van der Waals surface area contributed by atoms with Crippen molar-refractivity contribution < 1.29 is 14.3 Å². The molecular formula is C11H15N5O3S. The summed E-state index contributed by atoms with van der Waals surface area (Å²) < 4.78 is 6.59. The van der Waals surface area contributed by atoms with Crippen LogP contribution in [0.25, 0.3) is 0 Å². The number of aliphatic hydroxyl groups excluding tert-OH is 1. The second-order valence-corrected chi connectivity index (χ2v) is 5.27. The van der Waals surface area contributed by atoms with Crippen molar-refractivity contribution in [3.63, 3.8) is 0 Å². The molecule has 0 radical (unpaired) electrons. The number of carbonyl (C=O) groups is 1. The highest BCUT2D eigenvalue weighted by molar-refractivity contribution is 8.00. The van der Waals surface area contributed by atoms with E-state index in [1.807, 2.05) is 0 Å². The summed E-state index contributed by atoms with van der Waals surface area (Å²) >= 11 is 1.24. The van der Waals surface area contributed by atoms with Gasteiger partial charge < -0.3 is 14.8 Å². The summed E-state index contributed by atoms with van der Waals surface area (Å²) in [5.74, 6) is 0.561. The largest absolute Gasteiger partial charge is 0.467 e. The molecular weight excluding hydrogens is 282 g/mol. The number of tetrazole rings is 1. The fourth-order valence-corrected chi connectivity index (χ4v) is 2.30. The number of aliphatic hydroxyl groups is 1. The van der Waals surface area contributed by atoms with Crippen molar-refractivity contribution in [2.45, 2.75) is 30.4 Å². The molecule has 1 unspecified atom stereocenters. The van der Waals surface area contributed by atoms with Crippen LogP contribution in [-0.2, 0) is 17.9 Å². The van der Waals surface area contributed by atoms with Crippen molar-refractivity contribution in [1.82, 2.24) is 25.5 Å². The van der Waals surface area contributed by atoms with Crippen LogP contribution >= 0.6 is 11.8 Å². The molecule has 0 aliphatic heterocycles. The van der Waals surface area contributed by atoms with Gasteiger partial charge in [-0.25, -0.2) is 4.68 Å². The molecule has 0 aliphatic rings. The Bertz CT molecular complexity index is 542. The standard InChI is InChI=1S/C11H15N5O3S/c1-8(10(18)12-7-9-3-2-6-19-9)20-11-13-14-15-16(11)4-5-17/h2-3,6,8,17H,4-5,7H2,1H3,(H,12,18). The Balaban J connectivity index is 1.85. The quantitative estimate of drug-likeness (QED) is 0.696. The lowest BCUT2D eigenvalue weighted by molar-refractivity contribution is -0.120. The molecule has 0 bridgehead atoms. The van der Waals surface area contributed by atoms with E-state index >= 15 is 0 Å². The molecule has 2 aromatic rings. The number of nitrogens with zero attached hydrogens (tertiary/aromatic N) is 4. The Morgan fingerprint density at radius 3 is 3.20 bits per heavy atom. The Morgan fingerprint density at radius 2 is 2.50 bits per heavy atom. The van der Waals surface area contributed by atoms with Gasteiger partial charge >= 0.3 is 0 Å². The maximum atomic E-state index is 11.9. The normalized spacial score (nSPS) is 12.3. The second-order valence-electron chi connectivity index (χ2n) is 3.97. The number of amides is 1. The molecule has 0 spiro atoms. The van der Waals surface area contributed by atoms with Crippen molar-refractivity contribution in [3.8, 4) is 0 Å². The maximum Gasteiger partial charge on any atom is 0.233 e. The third-order valence-electron chi connectivity index (χ3n) is 2.48. The van der Waals surface area contributed by atoms with E-state index in [-0.39, 0.29) is 17.8 Å². The highest BCUT2D eigenvalue weighted by atomic mass is 32.2. The van der Waals surface area contributed by atoms with Crippen LogP contribution in [0.15, 0.2) is 28.0 Å². The topological polar surface area (TPSA) is 106 Å². The van der Waals surface area contributed by atoms with Crippen molar-refractivity contribution in [3.05, 3.63) is 24.2 Å². The third-order valence-corrected chi connectivity index (χ3v) is 3.55. The van der Waals surface area contributed by atoms with Crippen LogP contribution in [-0.4, -0.2) is 43.1 Å². The number of furan rings is 1. The first kappa shape index (κ1) is 14.5. The Hall–Kier alpha value is -1.87. The number of thioether (sulfide) groups is 1. The summed E-state index contributed by atoms with van der Waals surface area (Å²) in [4.78, 5) is 11.9. The van der Waals surface area contributed by atoms with Gasteiger partial charge in [0.1, 0.15) is 5.76 Å². The lowest BCUT2D eigenvalue weighted by atomic mass is 10.4. The molecule has 0 saturated carbocycles. The van der Waals surface area contributed by atoms with E-state index < -0.39 is 0 Å². The monoisotopic (exact) mass is 297 g/mol. The molecule has 2 N–H and O–H groups in total. The van der Waals surface area contributed by atoms with E-state index in [1.165, 1.54) is 16.4 Å². The van der Waals surface area contributed by atoms with Crippen molar-refractivity contribution in [1.29, 1.82) is 0 Å². The molecule has 20 heavy (non-hydrogen) atoms. The highest BCUT2D eigenvalue weighted by Crippen LogP contribution is 2.20. The minimum absolute atomic E-state index is 0.0579. The molecule has 8 nitrogen and oxygen atoms in total. The van der Waals surface area contributed by atoms with Crippen LogP contribution in [0.3, 0.4) is 0 Å². The lowest BCUT2D eigenvalue weighted by Crippen LogP contribution is -2.30. The van der Waals surface area contributed by atoms with Crippen LogP contribution in [0.5, 0.6) is 0 Å². The van der Waals surface area contributed by atoms with E-state index in [2.05, 4.69) is 20.8 Å². The van der Waals surface area contributed by atoms with Gasteiger partial charge in [-0.2, -0.15) is 0 Å². The number of hydrogen-bond donors (Lipinski definition) is 2. The van der Waals surface area contributed by atoms with Gasteiger partial charge in [-0.05, 0) is 29.5 Å². The smallest absolute Gasteiger partial charge is 0.233 e. The fraction of sp³-hybridized carbons (Fsp3) is 0.455. The van der Waals surface area contributed by atoms with Crippen molar-refractivity contribution >= 4 is 17.7 Å². The number of hydrogen-bond acceptors (Lipinski definition) is 7. The predicted octanol–water partition coefficient (Wildman–Crippen LogP) is 0.0554. The summed E-state index contributed by atoms with van der Waals surface area (Å²) in [6.07, 6.45) is 1.56. The zero-order valence-electron chi connectivity index (χ0n) is 10.9. The SMILES string of the molecule is CC(Sc1nnnn1CCO)C(=O)NCc1ccco1. The third kappa shape index (κ3) is 3.81. The molecule has 2 rings (SSSR count). The van der Waals surface area contributed by atoms with Gasteiger partial charge in [0, 0.05) is 0 Å². The molecule has 0 aromatic carbocycles. The molecule has 2 aromatic heterocycles. The number of carbonyl (C=O) groups excluding carboxylic acids is 1. The minimum Gasteiger partial charge on any atom is -0.467 e. The first-order chi connectivity index (χ1) is 9.70. The molecule has 0 saturated heterocycles. The Labute approximate surface area is 119 Å². The van der Waals surface area contributed by atoms with Gasteiger partial charge in [-0.1, -0.05) is 11.8 Å². The molecule has 9 heteroatoms. The van der Waals surface area contributed by atoms with Crippen LogP contribution < -0.4 is 5.32 Å². The Kier molecular flexibility index (Phi) is 5.13. The van der Waals surface area contributed by atoms with Gasteiger partial charge in [0.15, 0.2) is 0 Å². The average molecular weight is 297 g/mol. The van der Waals surface area contributed by atoms with E-state index in [0.717, 1.165) is 0 Å². The molecule has 1 atom stereocenters. The lowest BCUT2D eigenvalue weighted by Gasteiger charge is -2.10. The molecule has 0 aliphatic carbocycles. The van der Waals surface area contributed by atoms with Crippen LogP contribution in [0, 0.1) is 0 Å². The van der Waals surface area contributed by atoms with E-state index in [0.29, 0.717) is 24.0 Å².